The molecule has 3 rings (SSSR count). The summed E-state index contributed by atoms with van der Waals surface area (Å²) in [4.78, 5) is 12.9. The van der Waals surface area contributed by atoms with E-state index in [1.165, 1.54) is 14.2 Å². The average molecular weight is 507 g/mol. The standard InChI is InChI=1S/C25H31ClN2O5S/c1-6-7-12-27-25(34)28-17-10-8-15-20(14-9-11-19(30-2)18(29)13-16(14)17)22(31-3)24(33-5)23(32-4)21(15)26/h9,11,13,17H,6-8,10,12H2,1-5H3,(H2,27,28,34)/t17-/m0/s1. The normalized spacial score (nSPS) is 14.2. The molecule has 0 aliphatic heterocycles. The van der Waals surface area contributed by atoms with Crippen molar-refractivity contribution in [3.05, 3.63) is 44.6 Å². The molecule has 34 heavy (non-hydrogen) atoms. The van der Waals surface area contributed by atoms with Crippen molar-refractivity contribution in [1.82, 2.24) is 10.6 Å². The Morgan fingerprint density at radius 1 is 1.09 bits per heavy atom. The molecule has 2 aromatic carbocycles. The van der Waals surface area contributed by atoms with E-state index in [0.717, 1.165) is 41.6 Å². The largest absolute Gasteiger partial charge is 0.493 e. The minimum atomic E-state index is -0.244. The molecular weight excluding hydrogens is 476 g/mol. The van der Waals surface area contributed by atoms with Crippen LogP contribution in [-0.4, -0.2) is 40.1 Å². The lowest BCUT2D eigenvalue weighted by atomic mass is 9.95. The number of hydrogen-bond donors (Lipinski definition) is 2. The van der Waals surface area contributed by atoms with E-state index in [4.69, 9.17) is 42.8 Å². The van der Waals surface area contributed by atoms with Crippen LogP contribution in [0.5, 0.6) is 23.0 Å². The molecule has 9 heteroatoms. The molecule has 1 atom stereocenters. The summed E-state index contributed by atoms with van der Waals surface area (Å²) >= 11 is 12.4. The van der Waals surface area contributed by atoms with Crippen molar-refractivity contribution in [2.45, 2.75) is 38.6 Å². The first-order valence-corrected chi connectivity index (χ1v) is 12.0. The molecule has 1 aliphatic carbocycles. The molecule has 0 saturated carbocycles. The van der Waals surface area contributed by atoms with E-state index in [2.05, 4.69) is 17.6 Å². The number of fused-ring (bicyclic) bond motifs is 3. The highest BCUT2D eigenvalue weighted by atomic mass is 35.5. The first-order valence-electron chi connectivity index (χ1n) is 11.2. The first-order chi connectivity index (χ1) is 16.4. The minimum Gasteiger partial charge on any atom is -0.493 e. The Balaban J connectivity index is 2.27. The molecule has 7 nitrogen and oxygen atoms in total. The van der Waals surface area contributed by atoms with Crippen LogP contribution in [0.4, 0.5) is 0 Å². The lowest BCUT2D eigenvalue weighted by Crippen LogP contribution is -2.38. The van der Waals surface area contributed by atoms with E-state index in [9.17, 15) is 4.79 Å². The third kappa shape index (κ3) is 5.03. The van der Waals surface area contributed by atoms with Gasteiger partial charge in [0, 0.05) is 12.1 Å². The fraction of sp³-hybridized carbons (Fsp3) is 0.440. The minimum absolute atomic E-state index is 0.227. The van der Waals surface area contributed by atoms with E-state index < -0.39 is 0 Å². The zero-order chi connectivity index (χ0) is 24.8. The number of unbranched alkanes of at least 4 members (excludes halogenated alkanes) is 1. The zero-order valence-electron chi connectivity index (χ0n) is 20.2. The van der Waals surface area contributed by atoms with Gasteiger partial charge in [-0.15, -0.1) is 0 Å². The Labute approximate surface area is 210 Å². The molecule has 1 aliphatic rings. The molecular formula is C25H31ClN2O5S. The fourth-order valence-electron chi connectivity index (χ4n) is 4.28. The number of benzene rings is 1. The van der Waals surface area contributed by atoms with Gasteiger partial charge < -0.3 is 29.6 Å². The number of ether oxygens (including phenoxy) is 4. The predicted octanol–water partition coefficient (Wildman–Crippen LogP) is 4.65. The maximum absolute atomic E-state index is 12.9. The van der Waals surface area contributed by atoms with Gasteiger partial charge in [-0.25, -0.2) is 0 Å². The molecule has 0 heterocycles. The maximum Gasteiger partial charge on any atom is 0.220 e. The third-order valence-corrected chi connectivity index (χ3v) is 6.59. The second kappa shape index (κ2) is 11.6. The summed E-state index contributed by atoms with van der Waals surface area (Å²) in [5, 5.41) is 7.63. The third-order valence-electron chi connectivity index (χ3n) is 5.93. The number of rotatable bonds is 8. The Bertz CT molecular complexity index is 1130. The van der Waals surface area contributed by atoms with Crippen LogP contribution in [0.1, 0.15) is 43.4 Å². The molecule has 184 valence electrons. The Morgan fingerprint density at radius 3 is 2.41 bits per heavy atom. The summed E-state index contributed by atoms with van der Waals surface area (Å²) in [5.41, 5.74) is 2.93. The van der Waals surface area contributed by atoms with Crippen molar-refractivity contribution >= 4 is 28.9 Å². The molecule has 2 aromatic rings. The van der Waals surface area contributed by atoms with Crippen LogP contribution < -0.4 is 35.0 Å². The first kappa shape index (κ1) is 25.9. The highest BCUT2D eigenvalue weighted by Gasteiger charge is 2.32. The topological polar surface area (TPSA) is 78.1 Å². The fourth-order valence-corrected chi connectivity index (χ4v) is 4.87. The SMILES string of the molecule is CCCCNC(=S)N[C@H]1CCc2c(Cl)c(OC)c(OC)c(OC)c2-c2ccc(OC)c(=O)cc21. The summed E-state index contributed by atoms with van der Waals surface area (Å²) < 4.78 is 22.3. The Kier molecular flexibility index (Phi) is 8.85. The Hall–Kier alpha value is -2.71. The van der Waals surface area contributed by atoms with E-state index in [1.807, 2.05) is 6.07 Å². The number of nitrogens with one attached hydrogen (secondary N) is 2. The Morgan fingerprint density at radius 2 is 1.79 bits per heavy atom. The summed E-state index contributed by atoms with van der Waals surface area (Å²) in [6.45, 7) is 2.90. The number of methoxy groups -OCH3 is 4. The van der Waals surface area contributed by atoms with Gasteiger partial charge in [-0.2, -0.15) is 0 Å². The average Bonchev–Trinajstić information content (AvgIpc) is 3.08. The molecule has 0 radical (unpaired) electrons. The summed E-state index contributed by atoms with van der Waals surface area (Å²) in [6, 6.07) is 4.87. The zero-order valence-corrected chi connectivity index (χ0v) is 21.7. The molecule has 0 fully saturated rings. The highest BCUT2D eigenvalue weighted by molar-refractivity contribution is 7.80. The van der Waals surface area contributed by atoms with Gasteiger partial charge in [-0.3, -0.25) is 4.79 Å². The number of hydrogen-bond acceptors (Lipinski definition) is 6. The second-order valence-electron chi connectivity index (χ2n) is 7.89. The van der Waals surface area contributed by atoms with Gasteiger partial charge in [-0.1, -0.05) is 31.0 Å². The summed E-state index contributed by atoms with van der Waals surface area (Å²) in [6.07, 6.45) is 3.32. The molecule has 0 saturated heterocycles. The van der Waals surface area contributed by atoms with Crippen molar-refractivity contribution in [2.24, 2.45) is 0 Å². The van der Waals surface area contributed by atoms with E-state index >= 15 is 0 Å². The summed E-state index contributed by atoms with van der Waals surface area (Å²) in [7, 11) is 6.12. The van der Waals surface area contributed by atoms with Crippen molar-refractivity contribution in [3.63, 3.8) is 0 Å². The smallest absolute Gasteiger partial charge is 0.220 e. The van der Waals surface area contributed by atoms with Crippen molar-refractivity contribution in [2.75, 3.05) is 35.0 Å². The van der Waals surface area contributed by atoms with Gasteiger partial charge in [0.1, 0.15) is 0 Å². The van der Waals surface area contributed by atoms with E-state index in [0.29, 0.717) is 40.2 Å². The number of halogens is 1. The van der Waals surface area contributed by atoms with Gasteiger partial charge in [-0.05, 0) is 60.3 Å². The molecule has 0 bridgehead atoms. The lowest BCUT2D eigenvalue weighted by Gasteiger charge is -2.21. The molecule has 0 unspecified atom stereocenters. The van der Waals surface area contributed by atoms with Crippen molar-refractivity contribution < 1.29 is 18.9 Å². The quantitative estimate of drug-likeness (QED) is 0.395. The van der Waals surface area contributed by atoms with Crippen LogP contribution in [0.15, 0.2) is 23.0 Å². The molecule has 0 aromatic heterocycles. The highest BCUT2D eigenvalue weighted by Crippen LogP contribution is 2.54. The van der Waals surface area contributed by atoms with Gasteiger partial charge in [0.15, 0.2) is 22.4 Å². The monoisotopic (exact) mass is 506 g/mol. The maximum atomic E-state index is 12.9. The van der Waals surface area contributed by atoms with Crippen molar-refractivity contribution in [1.29, 1.82) is 0 Å². The molecule has 0 spiro atoms. The van der Waals surface area contributed by atoms with Crippen LogP contribution in [0.25, 0.3) is 11.1 Å². The second-order valence-corrected chi connectivity index (χ2v) is 8.68. The van der Waals surface area contributed by atoms with Crippen LogP contribution in [-0.2, 0) is 6.42 Å². The summed E-state index contributed by atoms with van der Waals surface area (Å²) in [5.74, 6) is 1.53. The molecule has 2 N–H and O–H groups in total. The van der Waals surface area contributed by atoms with Gasteiger partial charge in [0.2, 0.25) is 11.2 Å². The van der Waals surface area contributed by atoms with Gasteiger partial charge in [0.05, 0.1) is 39.5 Å². The van der Waals surface area contributed by atoms with Gasteiger partial charge in [0.25, 0.3) is 0 Å². The van der Waals surface area contributed by atoms with Crippen molar-refractivity contribution in [3.8, 4) is 34.1 Å². The van der Waals surface area contributed by atoms with Crippen LogP contribution in [0.3, 0.4) is 0 Å². The van der Waals surface area contributed by atoms with E-state index in [-0.39, 0.29) is 17.2 Å². The van der Waals surface area contributed by atoms with Crippen LogP contribution in [0.2, 0.25) is 5.02 Å². The lowest BCUT2D eigenvalue weighted by molar-refractivity contribution is 0.325. The predicted molar refractivity (Wildman–Crippen MR) is 139 cm³/mol. The van der Waals surface area contributed by atoms with Crippen LogP contribution >= 0.6 is 23.8 Å². The van der Waals surface area contributed by atoms with Gasteiger partial charge >= 0.3 is 0 Å². The van der Waals surface area contributed by atoms with E-state index in [1.54, 1.807) is 26.4 Å². The number of thiocarbonyl (C=S) groups is 1. The molecule has 0 amide bonds. The van der Waals surface area contributed by atoms with Crippen LogP contribution in [0, 0.1) is 0 Å².